The van der Waals surface area contributed by atoms with E-state index >= 15 is 0 Å². The highest BCUT2D eigenvalue weighted by molar-refractivity contribution is 5.67. The molecule has 1 atom stereocenters. The van der Waals surface area contributed by atoms with Crippen LogP contribution < -0.4 is 14.8 Å². The predicted molar refractivity (Wildman–Crippen MR) is 115 cm³/mol. The lowest BCUT2D eigenvalue weighted by atomic mass is 9.82. The third kappa shape index (κ3) is 5.89. The van der Waals surface area contributed by atoms with Crippen molar-refractivity contribution in [1.82, 2.24) is 5.32 Å². The molecule has 2 aliphatic rings. The van der Waals surface area contributed by atoms with Gasteiger partial charge in [0.25, 0.3) is 0 Å². The Morgan fingerprint density at radius 1 is 1.17 bits per heavy atom. The molecule has 2 aromatic carbocycles. The Kier molecular flexibility index (Phi) is 7.21. The van der Waals surface area contributed by atoms with E-state index in [0.717, 1.165) is 36.3 Å². The Labute approximate surface area is 178 Å². The monoisotopic (exact) mass is 413 g/mol. The second-order valence-electron chi connectivity index (χ2n) is 8.48. The predicted octanol–water partition coefficient (Wildman–Crippen LogP) is 4.54. The van der Waals surface area contributed by atoms with Crippen LogP contribution in [0.25, 0.3) is 0 Å². The van der Waals surface area contributed by atoms with Gasteiger partial charge >= 0.3 is 6.09 Å². The number of alkyl carbamates (subject to hydrolysis) is 1. The van der Waals surface area contributed by atoms with Crippen LogP contribution in [0.5, 0.6) is 11.5 Å². The second kappa shape index (κ2) is 9.85. The third-order valence-electron chi connectivity index (χ3n) is 5.00. The molecule has 4 rings (SSSR count). The zero-order valence-electron chi connectivity index (χ0n) is 17.9. The minimum atomic E-state index is -0.444. The number of hydrogen-bond acceptors (Lipinski definition) is 5. The normalized spacial score (nSPS) is 16.7. The molecule has 2 N–H and O–H groups in total. The molecule has 0 saturated heterocycles. The maximum atomic E-state index is 11.3. The van der Waals surface area contributed by atoms with Crippen molar-refractivity contribution in [2.45, 2.75) is 58.1 Å². The molecule has 0 radical (unpaired) electrons. The molecule has 2 aromatic rings. The SMILES string of the molecule is CC(C)(C)OC(=O)NCc1ccccc1.OCC1CCCc2c1ccc1c2OCO1. The van der Waals surface area contributed by atoms with E-state index in [1.165, 1.54) is 11.1 Å². The molecule has 6 nitrogen and oxygen atoms in total. The van der Waals surface area contributed by atoms with Gasteiger partial charge in [0.05, 0.1) is 0 Å². The molecule has 0 saturated carbocycles. The number of aliphatic hydroxyl groups is 1. The quantitative estimate of drug-likeness (QED) is 0.773. The van der Waals surface area contributed by atoms with E-state index in [0.29, 0.717) is 13.3 Å². The number of carbonyl (C=O) groups excluding carboxylic acids is 1. The molecule has 162 valence electrons. The fraction of sp³-hybridized carbons (Fsp3) is 0.458. The molecular formula is C24H31NO5. The number of carbonyl (C=O) groups is 1. The van der Waals surface area contributed by atoms with Gasteiger partial charge < -0.3 is 24.6 Å². The van der Waals surface area contributed by atoms with E-state index in [2.05, 4.69) is 11.4 Å². The number of fused-ring (bicyclic) bond motifs is 3. The highest BCUT2D eigenvalue weighted by Crippen LogP contribution is 2.43. The first-order valence-corrected chi connectivity index (χ1v) is 10.4. The van der Waals surface area contributed by atoms with Crippen molar-refractivity contribution in [2.75, 3.05) is 13.4 Å². The van der Waals surface area contributed by atoms with Crippen LogP contribution in [0.3, 0.4) is 0 Å². The lowest BCUT2D eigenvalue weighted by Gasteiger charge is -2.24. The maximum absolute atomic E-state index is 11.3. The van der Waals surface area contributed by atoms with Gasteiger partial charge in [-0.05, 0) is 57.2 Å². The third-order valence-corrected chi connectivity index (χ3v) is 5.00. The number of ether oxygens (including phenoxy) is 3. The Balaban J connectivity index is 0.000000171. The average Bonchev–Trinajstić information content (AvgIpc) is 3.21. The Bertz CT molecular complexity index is 845. The standard InChI is InChI=1S/C12H17NO2.C12H14O3/c1-12(2,3)15-11(14)13-9-10-7-5-4-6-8-10;13-6-8-2-1-3-10-9(8)4-5-11-12(10)15-7-14-11/h4-8H,9H2,1-3H3,(H,13,14);4-5,8,13H,1-3,6-7H2. The van der Waals surface area contributed by atoms with Crippen LogP contribution in [0.1, 0.15) is 56.2 Å². The van der Waals surface area contributed by atoms with E-state index < -0.39 is 5.60 Å². The molecular weight excluding hydrogens is 382 g/mol. The largest absolute Gasteiger partial charge is 0.454 e. The van der Waals surface area contributed by atoms with Gasteiger partial charge in [-0.15, -0.1) is 0 Å². The molecule has 0 aromatic heterocycles. The van der Waals surface area contributed by atoms with E-state index in [-0.39, 0.29) is 18.6 Å². The van der Waals surface area contributed by atoms with Gasteiger partial charge in [0.2, 0.25) is 6.79 Å². The van der Waals surface area contributed by atoms with E-state index in [1.807, 2.05) is 57.2 Å². The van der Waals surface area contributed by atoms with Crippen molar-refractivity contribution in [2.24, 2.45) is 0 Å². The minimum absolute atomic E-state index is 0.229. The summed E-state index contributed by atoms with van der Waals surface area (Å²) >= 11 is 0. The topological polar surface area (TPSA) is 77.0 Å². The second-order valence-corrected chi connectivity index (χ2v) is 8.48. The molecule has 1 aliphatic carbocycles. The van der Waals surface area contributed by atoms with E-state index in [4.69, 9.17) is 14.2 Å². The van der Waals surface area contributed by atoms with Crippen LogP contribution in [0, 0.1) is 0 Å². The maximum Gasteiger partial charge on any atom is 0.407 e. The molecule has 1 unspecified atom stereocenters. The zero-order chi connectivity index (χ0) is 21.6. The Morgan fingerprint density at radius 3 is 2.63 bits per heavy atom. The van der Waals surface area contributed by atoms with Crippen molar-refractivity contribution >= 4 is 6.09 Å². The van der Waals surface area contributed by atoms with Crippen molar-refractivity contribution in [3.63, 3.8) is 0 Å². The van der Waals surface area contributed by atoms with Crippen LogP contribution >= 0.6 is 0 Å². The van der Waals surface area contributed by atoms with Crippen molar-refractivity contribution < 1.29 is 24.1 Å². The number of hydrogen-bond donors (Lipinski definition) is 2. The molecule has 30 heavy (non-hydrogen) atoms. The summed E-state index contributed by atoms with van der Waals surface area (Å²) in [4.78, 5) is 11.3. The summed E-state index contributed by atoms with van der Waals surface area (Å²) < 4.78 is 15.9. The highest BCUT2D eigenvalue weighted by atomic mass is 16.7. The molecule has 0 spiro atoms. The fourth-order valence-corrected chi connectivity index (χ4v) is 3.64. The summed E-state index contributed by atoms with van der Waals surface area (Å²) in [6, 6.07) is 13.8. The summed E-state index contributed by atoms with van der Waals surface area (Å²) in [6.45, 7) is 6.58. The Hall–Kier alpha value is -2.73. The highest BCUT2D eigenvalue weighted by Gasteiger charge is 2.27. The van der Waals surface area contributed by atoms with Crippen molar-refractivity contribution in [1.29, 1.82) is 0 Å². The lowest BCUT2D eigenvalue weighted by molar-refractivity contribution is 0.0523. The van der Waals surface area contributed by atoms with E-state index in [1.54, 1.807) is 0 Å². The number of rotatable bonds is 3. The van der Waals surface area contributed by atoms with Crippen LogP contribution in [-0.4, -0.2) is 30.2 Å². The van der Waals surface area contributed by atoms with Crippen LogP contribution in [0.4, 0.5) is 4.79 Å². The van der Waals surface area contributed by atoms with Crippen LogP contribution in [0.15, 0.2) is 42.5 Å². The zero-order valence-corrected chi connectivity index (χ0v) is 17.9. The average molecular weight is 414 g/mol. The van der Waals surface area contributed by atoms with Crippen LogP contribution in [-0.2, 0) is 17.7 Å². The first kappa shape index (κ1) is 22.0. The minimum Gasteiger partial charge on any atom is -0.454 e. The summed E-state index contributed by atoms with van der Waals surface area (Å²) in [5.41, 5.74) is 3.10. The molecule has 0 fully saturated rings. The number of aliphatic hydroxyl groups excluding tert-OH is 1. The van der Waals surface area contributed by atoms with Gasteiger partial charge in [0.1, 0.15) is 5.60 Å². The van der Waals surface area contributed by atoms with Gasteiger partial charge in [-0.3, -0.25) is 0 Å². The molecule has 1 heterocycles. The Morgan fingerprint density at radius 2 is 1.93 bits per heavy atom. The summed E-state index contributed by atoms with van der Waals surface area (Å²) in [5.74, 6) is 2.04. The van der Waals surface area contributed by atoms with Gasteiger partial charge in [-0.1, -0.05) is 36.4 Å². The van der Waals surface area contributed by atoms with Gasteiger partial charge in [-0.25, -0.2) is 4.79 Å². The fourth-order valence-electron chi connectivity index (χ4n) is 3.64. The smallest absolute Gasteiger partial charge is 0.407 e. The van der Waals surface area contributed by atoms with Gasteiger partial charge in [0, 0.05) is 24.6 Å². The summed E-state index contributed by atoms with van der Waals surface area (Å²) in [5, 5.41) is 12.0. The summed E-state index contributed by atoms with van der Waals surface area (Å²) in [6.07, 6.45) is 2.85. The molecule has 1 amide bonds. The molecule has 6 heteroatoms. The number of amides is 1. The van der Waals surface area contributed by atoms with E-state index in [9.17, 15) is 9.90 Å². The lowest BCUT2D eigenvalue weighted by Crippen LogP contribution is -2.32. The van der Waals surface area contributed by atoms with Gasteiger partial charge in [-0.2, -0.15) is 0 Å². The van der Waals surface area contributed by atoms with Crippen molar-refractivity contribution in [3.05, 3.63) is 59.2 Å². The summed E-state index contributed by atoms with van der Waals surface area (Å²) in [7, 11) is 0. The molecule has 0 bridgehead atoms. The number of benzene rings is 2. The van der Waals surface area contributed by atoms with Gasteiger partial charge in [0.15, 0.2) is 11.5 Å². The molecule has 1 aliphatic heterocycles. The first-order chi connectivity index (χ1) is 14.4. The first-order valence-electron chi connectivity index (χ1n) is 10.4. The van der Waals surface area contributed by atoms with Crippen LogP contribution in [0.2, 0.25) is 0 Å². The number of nitrogens with one attached hydrogen (secondary N) is 1. The van der Waals surface area contributed by atoms with Crippen molar-refractivity contribution in [3.8, 4) is 11.5 Å².